The summed E-state index contributed by atoms with van der Waals surface area (Å²) in [5.41, 5.74) is 3.13. The number of rotatable bonds is 11. The number of nitrogens with two attached hydrogens (primary N) is 1. The predicted molar refractivity (Wildman–Crippen MR) is 145 cm³/mol. The van der Waals surface area contributed by atoms with Gasteiger partial charge in [0.1, 0.15) is 11.5 Å². The molecular formula is C27H40FN8O+. The van der Waals surface area contributed by atoms with E-state index in [0.717, 1.165) is 55.5 Å². The van der Waals surface area contributed by atoms with Crippen LogP contribution in [0.4, 0.5) is 27.5 Å². The maximum Gasteiger partial charge on any atom is 0.228 e. The fourth-order valence-corrected chi connectivity index (χ4v) is 5.19. The van der Waals surface area contributed by atoms with Gasteiger partial charge in [0.2, 0.25) is 11.7 Å². The first-order valence-electron chi connectivity index (χ1n) is 13.7. The van der Waals surface area contributed by atoms with Gasteiger partial charge in [-0.1, -0.05) is 6.42 Å². The highest BCUT2D eigenvalue weighted by atomic mass is 19.1. The number of hydrogen-bond donors (Lipinski definition) is 4. The SMILES string of the molecule is CCOCCNc1c(Nc2ccc(F)cc2)nc(N2CCNC3(CC3)C2)nc1C(=[NH2+])CN1CCCCC1. The lowest BCUT2D eigenvalue weighted by atomic mass is 10.1. The van der Waals surface area contributed by atoms with Gasteiger partial charge in [-0.25, -0.2) is 9.37 Å². The Bertz CT molecular complexity index is 1070. The van der Waals surface area contributed by atoms with Crippen molar-refractivity contribution in [1.29, 1.82) is 0 Å². The van der Waals surface area contributed by atoms with Crippen molar-refractivity contribution in [2.75, 3.05) is 74.6 Å². The normalized spacial score (nSPS) is 19.1. The first-order valence-corrected chi connectivity index (χ1v) is 13.7. The molecule has 1 aromatic carbocycles. The molecule has 3 heterocycles. The molecule has 2 aromatic rings. The van der Waals surface area contributed by atoms with Crippen LogP contribution >= 0.6 is 0 Å². The summed E-state index contributed by atoms with van der Waals surface area (Å²) in [5, 5.41) is 17.4. The Hall–Kier alpha value is -2.82. The number of nitrogens with one attached hydrogen (secondary N) is 3. The van der Waals surface area contributed by atoms with Crippen molar-refractivity contribution >= 4 is 28.9 Å². The second-order valence-electron chi connectivity index (χ2n) is 10.3. The average molecular weight is 512 g/mol. The van der Waals surface area contributed by atoms with Gasteiger partial charge in [0, 0.05) is 44.0 Å². The zero-order chi connectivity index (χ0) is 25.7. The molecule has 0 bridgehead atoms. The number of likely N-dealkylation sites (tertiary alicyclic amines) is 1. The molecular weight excluding hydrogens is 471 g/mol. The van der Waals surface area contributed by atoms with Gasteiger partial charge < -0.3 is 25.6 Å². The fourth-order valence-electron chi connectivity index (χ4n) is 5.19. The van der Waals surface area contributed by atoms with Crippen LogP contribution in [0.1, 0.15) is 44.7 Å². The van der Waals surface area contributed by atoms with E-state index in [1.54, 1.807) is 12.1 Å². The molecule has 0 unspecified atom stereocenters. The molecule has 3 aliphatic rings. The minimum absolute atomic E-state index is 0.184. The van der Waals surface area contributed by atoms with E-state index in [1.165, 1.54) is 44.2 Å². The summed E-state index contributed by atoms with van der Waals surface area (Å²) in [7, 11) is 0. The zero-order valence-corrected chi connectivity index (χ0v) is 21.9. The van der Waals surface area contributed by atoms with E-state index < -0.39 is 0 Å². The van der Waals surface area contributed by atoms with Gasteiger partial charge in [0.05, 0.1) is 13.2 Å². The second kappa shape index (κ2) is 11.7. The standard InChI is InChI=1S/C27H39FN8O/c1-2-37-17-13-30-24-23(22(29)18-35-14-4-3-5-15-35)33-26(36-16-12-31-27(19-36)10-11-27)34-25(24)32-21-8-6-20(28)7-9-21/h6-9,29-31H,2-5,10-19H2,1H3,(H,32,33,34)/p+1. The van der Waals surface area contributed by atoms with E-state index in [4.69, 9.17) is 20.1 Å². The van der Waals surface area contributed by atoms with Crippen LogP contribution in [0.5, 0.6) is 0 Å². The molecule has 2 aliphatic heterocycles. The third-order valence-corrected chi connectivity index (χ3v) is 7.41. The van der Waals surface area contributed by atoms with Gasteiger partial charge in [-0.15, -0.1) is 0 Å². The number of halogens is 1. The lowest BCUT2D eigenvalue weighted by Gasteiger charge is -2.34. The summed E-state index contributed by atoms with van der Waals surface area (Å²) in [4.78, 5) is 14.7. The molecule has 1 aliphatic carbocycles. The monoisotopic (exact) mass is 511 g/mol. The third kappa shape index (κ3) is 6.55. The molecule has 10 heteroatoms. The minimum atomic E-state index is -0.278. The van der Waals surface area contributed by atoms with Crippen molar-refractivity contribution in [2.24, 2.45) is 0 Å². The maximum absolute atomic E-state index is 13.6. The summed E-state index contributed by atoms with van der Waals surface area (Å²) in [6, 6.07) is 6.31. The molecule has 2 saturated heterocycles. The van der Waals surface area contributed by atoms with Gasteiger partial charge in [-0.2, -0.15) is 4.98 Å². The largest absolute Gasteiger partial charge is 0.380 e. The van der Waals surface area contributed by atoms with Crippen LogP contribution in [-0.2, 0) is 4.74 Å². The van der Waals surface area contributed by atoms with Gasteiger partial charge in [-0.05, 0) is 70.0 Å². The molecule has 200 valence electrons. The highest BCUT2D eigenvalue weighted by Gasteiger charge is 2.46. The van der Waals surface area contributed by atoms with Crippen molar-refractivity contribution < 1.29 is 14.5 Å². The highest BCUT2D eigenvalue weighted by molar-refractivity contribution is 6.03. The molecule has 1 aromatic heterocycles. The molecule has 0 amide bonds. The smallest absolute Gasteiger partial charge is 0.228 e. The molecule has 1 saturated carbocycles. The van der Waals surface area contributed by atoms with Crippen LogP contribution < -0.4 is 26.3 Å². The Labute approximate surface area is 218 Å². The Morgan fingerprint density at radius 3 is 2.65 bits per heavy atom. The summed E-state index contributed by atoms with van der Waals surface area (Å²) in [5.74, 6) is 1.02. The van der Waals surface area contributed by atoms with Crippen LogP contribution in [0, 0.1) is 5.82 Å². The lowest BCUT2D eigenvalue weighted by Crippen LogP contribution is -2.53. The summed E-state index contributed by atoms with van der Waals surface area (Å²) >= 11 is 0. The molecule has 5 rings (SSSR count). The number of piperazine rings is 1. The van der Waals surface area contributed by atoms with Crippen LogP contribution in [0.3, 0.4) is 0 Å². The molecule has 9 nitrogen and oxygen atoms in total. The van der Waals surface area contributed by atoms with E-state index in [2.05, 4.69) is 25.8 Å². The Kier molecular flexibility index (Phi) is 8.17. The van der Waals surface area contributed by atoms with Crippen LogP contribution in [0.15, 0.2) is 24.3 Å². The number of ether oxygens (including phenoxy) is 1. The van der Waals surface area contributed by atoms with E-state index >= 15 is 0 Å². The van der Waals surface area contributed by atoms with E-state index in [-0.39, 0.29) is 11.4 Å². The van der Waals surface area contributed by atoms with E-state index in [9.17, 15) is 4.39 Å². The average Bonchev–Trinajstić information content (AvgIpc) is 3.66. The Morgan fingerprint density at radius 1 is 1.14 bits per heavy atom. The third-order valence-electron chi connectivity index (χ3n) is 7.41. The predicted octanol–water partition coefficient (Wildman–Crippen LogP) is 1.78. The Balaban J connectivity index is 1.50. The van der Waals surface area contributed by atoms with Gasteiger partial charge in [0.25, 0.3) is 0 Å². The van der Waals surface area contributed by atoms with E-state index in [1.807, 2.05) is 6.92 Å². The number of hydrogen-bond acceptors (Lipinski definition) is 8. The molecule has 0 atom stereocenters. The van der Waals surface area contributed by atoms with Crippen molar-refractivity contribution in [3.8, 4) is 0 Å². The van der Waals surface area contributed by atoms with Crippen molar-refractivity contribution in [3.63, 3.8) is 0 Å². The zero-order valence-electron chi connectivity index (χ0n) is 21.9. The van der Waals surface area contributed by atoms with Crippen LogP contribution in [0.2, 0.25) is 0 Å². The summed E-state index contributed by atoms with van der Waals surface area (Å²) < 4.78 is 19.2. The van der Waals surface area contributed by atoms with Crippen LogP contribution in [0.25, 0.3) is 0 Å². The molecule has 0 radical (unpaired) electrons. The topological polar surface area (TPSA) is 103 Å². The number of aromatic nitrogens is 2. The highest BCUT2D eigenvalue weighted by Crippen LogP contribution is 2.39. The molecule has 5 N–H and O–H groups in total. The number of benzene rings is 1. The number of piperidine rings is 1. The molecule has 3 fully saturated rings. The lowest BCUT2D eigenvalue weighted by molar-refractivity contribution is -0.116. The van der Waals surface area contributed by atoms with Crippen molar-refractivity contribution in [1.82, 2.24) is 20.2 Å². The maximum atomic E-state index is 13.6. The van der Waals surface area contributed by atoms with Gasteiger partial charge in [0.15, 0.2) is 11.5 Å². The fraction of sp³-hybridized carbons (Fsp3) is 0.593. The summed E-state index contributed by atoms with van der Waals surface area (Å²) in [6.07, 6.45) is 6.02. The second-order valence-corrected chi connectivity index (χ2v) is 10.3. The molecule has 1 spiro atoms. The summed E-state index contributed by atoms with van der Waals surface area (Å²) in [6.45, 7) is 9.16. The van der Waals surface area contributed by atoms with Gasteiger partial charge >= 0.3 is 0 Å². The van der Waals surface area contributed by atoms with Crippen molar-refractivity contribution in [3.05, 3.63) is 35.8 Å². The van der Waals surface area contributed by atoms with Crippen molar-refractivity contribution in [2.45, 2.75) is 44.6 Å². The van der Waals surface area contributed by atoms with E-state index in [0.29, 0.717) is 38.1 Å². The number of anilines is 4. The Morgan fingerprint density at radius 2 is 1.92 bits per heavy atom. The molecule has 37 heavy (non-hydrogen) atoms. The minimum Gasteiger partial charge on any atom is -0.380 e. The quantitative estimate of drug-likeness (QED) is 0.268. The van der Waals surface area contributed by atoms with Gasteiger partial charge in [-0.3, -0.25) is 10.3 Å². The van der Waals surface area contributed by atoms with Crippen LogP contribution in [-0.4, -0.2) is 85.1 Å². The first-order chi connectivity index (χ1) is 18.0. The number of nitrogens with zero attached hydrogens (tertiary/aromatic N) is 4. The first kappa shape index (κ1) is 25.8.